The minimum absolute atomic E-state index is 0.0752. The molecule has 5 nitrogen and oxygen atoms in total. The molecule has 1 heterocycles. The fraction of sp³-hybridized carbons (Fsp3) is 0.600. The number of halogens is 1. The van der Waals surface area contributed by atoms with Crippen LogP contribution in [0.5, 0.6) is 0 Å². The molecule has 0 aliphatic carbocycles. The van der Waals surface area contributed by atoms with Gasteiger partial charge in [-0.05, 0) is 19.1 Å². The minimum Gasteiger partial charge on any atom is -0.389 e. The molecule has 8 heteroatoms. The van der Waals surface area contributed by atoms with Crippen molar-refractivity contribution >= 4 is 33.0 Å². The predicted octanol–water partition coefficient (Wildman–Crippen LogP) is 1.47. The van der Waals surface area contributed by atoms with E-state index < -0.39 is 15.6 Å². The quantitative estimate of drug-likeness (QED) is 0.799. The summed E-state index contributed by atoms with van der Waals surface area (Å²) in [6.07, 6.45) is 0.344. The van der Waals surface area contributed by atoms with Gasteiger partial charge in [0, 0.05) is 26.7 Å². The van der Waals surface area contributed by atoms with Crippen molar-refractivity contribution in [1.82, 2.24) is 4.72 Å². The number of hydrogen-bond donors (Lipinski definition) is 2. The molecular formula is C10H16ClNO4S2. The Bertz CT molecular complexity index is 484. The molecule has 1 atom stereocenters. The number of nitrogens with one attached hydrogen (secondary N) is 1. The number of thiophene rings is 1. The van der Waals surface area contributed by atoms with Crippen LogP contribution in [-0.2, 0) is 14.8 Å². The van der Waals surface area contributed by atoms with Crippen molar-refractivity contribution in [2.45, 2.75) is 23.2 Å². The Morgan fingerprint density at radius 1 is 1.56 bits per heavy atom. The first kappa shape index (κ1) is 15.9. The van der Waals surface area contributed by atoms with Crippen LogP contribution in [0.4, 0.5) is 0 Å². The number of ether oxygens (including phenoxy) is 1. The normalized spacial score (nSPS) is 15.6. The van der Waals surface area contributed by atoms with Crippen LogP contribution in [0.25, 0.3) is 0 Å². The molecule has 18 heavy (non-hydrogen) atoms. The van der Waals surface area contributed by atoms with Crippen molar-refractivity contribution in [2.24, 2.45) is 0 Å². The number of hydrogen-bond acceptors (Lipinski definition) is 5. The number of rotatable bonds is 7. The molecule has 0 spiro atoms. The van der Waals surface area contributed by atoms with Crippen LogP contribution in [-0.4, -0.2) is 39.4 Å². The average molecular weight is 314 g/mol. The topological polar surface area (TPSA) is 75.6 Å². The summed E-state index contributed by atoms with van der Waals surface area (Å²) in [5, 5.41) is 9.93. The zero-order chi connectivity index (χ0) is 13.8. The molecule has 1 unspecified atom stereocenters. The van der Waals surface area contributed by atoms with Crippen molar-refractivity contribution in [2.75, 3.05) is 20.3 Å². The van der Waals surface area contributed by atoms with Gasteiger partial charge in [-0.3, -0.25) is 0 Å². The molecule has 0 aromatic carbocycles. The summed E-state index contributed by atoms with van der Waals surface area (Å²) < 4.78 is 31.5. The monoisotopic (exact) mass is 313 g/mol. The third kappa shape index (κ3) is 4.83. The standard InChI is InChI=1S/C10H16ClNO4S2/c1-10(13,5-6-16-2)7-12-18(14,15)9-4-3-8(11)17-9/h3-4,12-13H,5-7H2,1-2H3. The minimum atomic E-state index is -3.61. The van der Waals surface area contributed by atoms with Crippen LogP contribution in [0, 0.1) is 0 Å². The molecular weight excluding hydrogens is 298 g/mol. The second kappa shape index (κ2) is 6.31. The van der Waals surface area contributed by atoms with Crippen LogP contribution in [0.1, 0.15) is 13.3 Å². The number of sulfonamides is 1. The molecule has 0 aliphatic heterocycles. The van der Waals surface area contributed by atoms with E-state index in [-0.39, 0.29) is 10.8 Å². The van der Waals surface area contributed by atoms with E-state index >= 15 is 0 Å². The van der Waals surface area contributed by atoms with Gasteiger partial charge in [0.05, 0.1) is 9.94 Å². The van der Waals surface area contributed by atoms with Crippen LogP contribution < -0.4 is 4.72 Å². The van der Waals surface area contributed by atoms with Gasteiger partial charge < -0.3 is 9.84 Å². The first-order chi connectivity index (χ1) is 8.27. The van der Waals surface area contributed by atoms with Crippen molar-refractivity contribution in [3.63, 3.8) is 0 Å². The zero-order valence-electron chi connectivity index (χ0n) is 10.1. The van der Waals surface area contributed by atoms with E-state index in [1.54, 1.807) is 6.92 Å². The third-order valence-electron chi connectivity index (χ3n) is 2.30. The summed E-state index contributed by atoms with van der Waals surface area (Å²) in [4.78, 5) is 0. The smallest absolute Gasteiger partial charge is 0.250 e. The number of methoxy groups -OCH3 is 1. The summed E-state index contributed by atoms with van der Waals surface area (Å²) in [5.41, 5.74) is -1.15. The van der Waals surface area contributed by atoms with Gasteiger partial charge in [0.25, 0.3) is 0 Å². The highest BCUT2D eigenvalue weighted by atomic mass is 35.5. The van der Waals surface area contributed by atoms with E-state index in [1.165, 1.54) is 19.2 Å². The summed E-state index contributed by atoms with van der Waals surface area (Å²) in [6, 6.07) is 2.95. The van der Waals surface area contributed by atoms with Crippen molar-refractivity contribution in [3.8, 4) is 0 Å². The molecule has 0 radical (unpaired) electrons. The number of aliphatic hydroxyl groups is 1. The lowest BCUT2D eigenvalue weighted by Gasteiger charge is -2.22. The molecule has 0 aliphatic rings. The molecule has 1 rings (SSSR count). The lowest BCUT2D eigenvalue weighted by molar-refractivity contribution is 0.0292. The van der Waals surface area contributed by atoms with Gasteiger partial charge in [-0.1, -0.05) is 11.6 Å². The first-order valence-corrected chi connectivity index (χ1v) is 7.91. The van der Waals surface area contributed by atoms with Crippen molar-refractivity contribution < 1.29 is 18.3 Å². The van der Waals surface area contributed by atoms with Crippen molar-refractivity contribution in [1.29, 1.82) is 0 Å². The van der Waals surface area contributed by atoms with Gasteiger partial charge in [0.2, 0.25) is 10.0 Å². The summed E-state index contributed by atoms with van der Waals surface area (Å²) in [7, 11) is -2.09. The van der Waals surface area contributed by atoms with E-state index in [2.05, 4.69) is 4.72 Å². The maximum Gasteiger partial charge on any atom is 0.250 e. The highest BCUT2D eigenvalue weighted by Gasteiger charge is 2.24. The lowest BCUT2D eigenvalue weighted by Crippen LogP contribution is -2.41. The van der Waals surface area contributed by atoms with Gasteiger partial charge in [0.15, 0.2) is 0 Å². The Morgan fingerprint density at radius 2 is 2.22 bits per heavy atom. The molecule has 1 aromatic rings. The molecule has 0 amide bonds. The Hall–Kier alpha value is -0.180. The average Bonchev–Trinajstić information content (AvgIpc) is 2.72. The Kier molecular flexibility index (Phi) is 5.57. The Balaban J connectivity index is 2.62. The largest absolute Gasteiger partial charge is 0.389 e. The fourth-order valence-electron chi connectivity index (χ4n) is 1.17. The van der Waals surface area contributed by atoms with E-state index in [0.29, 0.717) is 17.4 Å². The fourth-order valence-corrected chi connectivity index (χ4v) is 3.86. The first-order valence-electron chi connectivity index (χ1n) is 5.23. The molecule has 2 N–H and O–H groups in total. The van der Waals surface area contributed by atoms with Gasteiger partial charge >= 0.3 is 0 Å². The van der Waals surface area contributed by atoms with Crippen molar-refractivity contribution in [3.05, 3.63) is 16.5 Å². The second-order valence-electron chi connectivity index (χ2n) is 4.12. The Morgan fingerprint density at radius 3 is 2.72 bits per heavy atom. The van der Waals surface area contributed by atoms with E-state index in [9.17, 15) is 13.5 Å². The van der Waals surface area contributed by atoms with E-state index in [0.717, 1.165) is 11.3 Å². The van der Waals surface area contributed by atoms with Crippen LogP contribution >= 0.6 is 22.9 Å². The van der Waals surface area contributed by atoms with E-state index in [4.69, 9.17) is 16.3 Å². The van der Waals surface area contributed by atoms with Gasteiger partial charge in [-0.25, -0.2) is 13.1 Å². The summed E-state index contributed by atoms with van der Waals surface area (Å²) in [6.45, 7) is 1.84. The molecule has 0 saturated carbocycles. The summed E-state index contributed by atoms with van der Waals surface area (Å²) >= 11 is 6.66. The van der Waals surface area contributed by atoms with Gasteiger partial charge in [-0.15, -0.1) is 11.3 Å². The van der Waals surface area contributed by atoms with Gasteiger partial charge in [0.1, 0.15) is 4.21 Å². The van der Waals surface area contributed by atoms with Gasteiger partial charge in [-0.2, -0.15) is 0 Å². The Labute approximate surface area is 116 Å². The highest BCUT2D eigenvalue weighted by molar-refractivity contribution is 7.91. The van der Waals surface area contributed by atoms with Crippen LogP contribution in [0.3, 0.4) is 0 Å². The summed E-state index contributed by atoms with van der Waals surface area (Å²) in [5.74, 6) is 0. The predicted molar refractivity (Wildman–Crippen MR) is 71.6 cm³/mol. The van der Waals surface area contributed by atoms with Crippen LogP contribution in [0.15, 0.2) is 16.3 Å². The lowest BCUT2D eigenvalue weighted by atomic mass is 10.0. The molecule has 0 fully saturated rings. The molecule has 104 valence electrons. The third-order valence-corrected chi connectivity index (χ3v) is 5.43. The SMILES string of the molecule is COCCC(C)(O)CNS(=O)(=O)c1ccc(Cl)s1. The zero-order valence-corrected chi connectivity index (χ0v) is 12.5. The molecule has 0 saturated heterocycles. The highest BCUT2D eigenvalue weighted by Crippen LogP contribution is 2.25. The second-order valence-corrected chi connectivity index (χ2v) is 7.83. The molecule has 0 bridgehead atoms. The maximum absolute atomic E-state index is 11.9. The van der Waals surface area contributed by atoms with E-state index in [1.807, 2.05) is 0 Å². The van der Waals surface area contributed by atoms with Crippen LogP contribution in [0.2, 0.25) is 4.34 Å². The molecule has 1 aromatic heterocycles. The maximum atomic E-state index is 11.9.